The number of benzene rings is 1. The summed E-state index contributed by atoms with van der Waals surface area (Å²) in [6.07, 6.45) is 1.83. The highest BCUT2D eigenvalue weighted by Gasteiger charge is 2.05. The Hall–Kier alpha value is -2.54. The Morgan fingerprint density at radius 3 is 2.55 bits per heavy atom. The van der Waals surface area contributed by atoms with E-state index in [2.05, 4.69) is 15.1 Å². The zero-order valence-corrected chi connectivity index (χ0v) is 11.5. The molecule has 1 aromatic heterocycles. The SMILES string of the molecule is Cc1ccn(-c2ccc(N=C(N)N=C(N)N)cc2Cl)n1. The third kappa shape index (κ3) is 3.27. The second-order valence-electron chi connectivity index (χ2n) is 4.04. The average molecular weight is 292 g/mol. The van der Waals surface area contributed by atoms with E-state index in [9.17, 15) is 0 Å². The molecule has 0 aliphatic rings. The van der Waals surface area contributed by atoms with Gasteiger partial charge in [-0.1, -0.05) is 11.6 Å². The minimum atomic E-state index is -0.152. The topological polar surface area (TPSA) is 121 Å². The lowest BCUT2D eigenvalue weighted by Crippen LogP contribution is -2.26. The third-order valence-corrected chi connectivity index (χ3v) is 2.69. The van der Waals surface area contributed by atoms with Gasteiger partial charge in [0.05, 0.1) is 22.1 Å². The van der Waals surface area contributed by atoms with Gasteiger partial charge in [0.2, 0.25) is 5.96 Å². The summed E-state index contributed by atoms with van der Waals surface area (Å²) < 4.78 is 1.69. The second-order valence-corrected chi connectivity index (χ2v) is 4.45. The summed E-state index contributed by atoms with van der Waals surface area (Å²) in [6.45, 7) is 1.90. The van der Waals surface area contributed by atoms with Gasteiger partial charge in [-0.15, -0.1) is 0 Å². The maximum atomic E-state index is 6.21. The molecule has 0 atom stereocenters. The molecular formula is C12H14ClN7. The Balaban J connectivity index is 2.33. The van der Waals surface area contributed by atoms with Gasteiger partial charge in [-0.05, 0) is 31.2 Å². The number of hydrogen-bond donors (Lipinski definition) is 3. The van der Waals surface area contributed by atoms with Crippen molar-refractivity contribution >= 4 is 29.2 Å². The van der Waals surface area contributed by atoms with Crippen molar-refractivity contribution in [1.82, 2.24) is 9.78 Å². The number of aryl methyl sites for hydroxylation is 1. The maximum Gasteiger partial charge on any atom is 0.223 e. The van der Waals surface area contributed by atoms with Crippen LogP contribution in [0.4, 0.5) is 5.69 Å². The normalized spacial score (nSPS) is 11.4. The molecule has 2 aromatic rings. The first-order valence-electron chi connectivity index (χ1n) is 5.71. The Morgan fingerprint density at radius 2 is 2.00 bits per heavy atom. The predicted molar refractivity (Wildman–Crippen MR) is 80.4 cm³/mol. The molecule has 0 bridgehead atoms. The summed E-state index contributed by atoms with van der Waals surface area (Å²) in [4.78, 5) is 7.66. The minimum Gasteiger partial charge on any atom is -0.370 e. The van der Waals surface area contributed by atoms with Crippen LogP contribution in [0.3, 0.4) is 0 Å². The fourth-order valence-corrected chi connectivity index (χ4v) is 1.85. The monoisotopic (exact) mass is 291 g/mol. The van der Waals surface area contributed by atoms with E-state index in [1.54, 1.807) is 22.9 Å². The van der Waals surface area contributed by atoms with Gasteiger partial charge in [0.25, 0.3) is 0 Å². The lowest BCUT2D eigenvalue weighted by atomic mass is 10.3. The Kier molecular flexibility index (Phi) is 3.90. The number of guanidine groups is 2. The van der Waals surface area contributed by atoms with E-state index >= 15 is 0 Å². The van der Waals surface area contributed by atoms with Crippen LogP contribution in [0.5, 0.6) is 0 Å². The van der Waals surface area contributed by atoms with E-state index in [-0.39, 0.29) is 11.9 Å². The van der Waals surface area contributed by atoms with Crippen molar-refractivity contribution in [3.05, 3.63) is 41.2 Å². The lowest BCUT2D eigenvalue weighted by molar-refractivity contribution is 0.863. The summed E-state index contributed by atoms with van der Waals surface area (Å²) in [6, 6.07) is 7.08. The summed E-state index contributed by atoms with van der Waals surface area (Å²) >= 11 is 6.21. The Bertz CT molecular complexity index is 683. The molecular weight excluding hydrogens is 278 g/mol. The average Bonchev–Trinajstić information content (AvgIpc) is 2.74. The van der Waals surface area contributed by atoms with E-state index in [0.717, 1.165) is 11.4 Å². The fraction of sp³-hybridized carbons (Fsp3) is 0.0833. The number of nitrogens with two attached hydrogens (primary N) is 3. The van der Waals surface area contributed by atoms with Gasteiger partial charge in [-0.25, -0.2) is 9.67 Å². The van der Waals surface area contributed by atoms with Crippen molar-refractivity contribution in [2.75, 3.05) is 0 Å². The molecule has 0 unspecified atom stereocenters. The van der Waals surface area contributed by atoms with Gasteiger partial charge >= 0.3 is 0 Å². The van der Waals surface area contributed by atoms with E-state index in [0.29, 0.717) is 10.7 Å². The van der Waals surface area contributed by atoms with Crippen LogP contribution in [0.25, 0.3) is 5.69 Å². The zero-order valence-electron chi connectivity index (χ0n) is 10.8. The summed E-state index contributed by atoms with van der Waals surface area (Å²) in [5.74, 6) is -0.190. The second kappa shape index (κ2) is 5.62. The first-order valence-corrected chi connectivity index (χ1v) is 6.09. The highest BCUT2D eigenvalue weighted by Crippen LogP contribution is 2.25. The molecule has 0 amide bonds. The molecule has 0 saturated heterocycles. The van der Waals surface area contributed by atoms with Gasteiger partial charge in [-0.2, -0.15) is 10.1 Å². The molecule has 20 heavy (non-hydrogen) atoms. The predicted octanol–water partition coefficient (Wildman–Crippen LogP) is 1.05. The lowest BCUT2D eigenvalue weighted by Gasteiger charge is -2.05. The maximum absolute atomic E-state index is 6.21. The third-order valence-electron chi connectivity index (χ3n) is 2.39. The highest BCUT2D eigenvalue weighted by molar-refractivity contribution is 6.32. The van der Waals surface area contributed by atoms with Crippen molar-refractivity contribution in [1.29, 1.82) is 0 Å². The van der Waals surface area contributed by atoms with Gasteiger partial charge in [0.1, 0.15) is 0 Å². The molecule has 0 aliphatic heterocycles. The number of rotatable bonds is 2. The van der Waals surface area contributed by atoms with Crippen molar-refractivity contribution in [3.63, 3.8) is 0 Å². The van der Waals surface area contributed by atoms with Gasteiger partial charge in [0.15, 0.2) is 5.96 Å². The molecule has 6 N–H and O–H groups in total. The first kappa shape index (κ1) is 13.9. The molecule has 0 radical (unpaired) electrons. The molecule has 8 heteroatoms. The largest absolute Gasteiger partial charge is 0.370 e. The van der Waals surface area contributed by atoms with Crippen molar-refractivity contribution in [2.24, 2.45) is 27.2 Å². The van der Waals surface area contributed by atoms with Crippen LogP contribution >= 0.6 is 11.6 Å². The number of aliphatic imine (C=N–C) groups is 2. The van der Waals surface area contributed by atoms with Crippen molar-refractivity contribution in [3.8, 4) is 5.69 Å². The molecule has 104 valence electrons. The van der Waals surface area contributed by atoms with Gasteiger partial charge in [0, 0.05) is 6.20 Å². The summed E-state index contributed by atoms with van der Waals surface area (Å²) in [7, 11) is 0. The smallest absolute Gasteiger partial charge is 0.223 e. The fourth-order valence-electron chi connectivity index (χ4n) is 1.59. The van der Waals surface area contributed by atoms with Crippen LogP contribution in [0, 0.1) is 6.92 Å². The van der Waals surface area contributed by atoms with Gasteiger partial charge in [-0.3, -0.25) is 0 Å². The molecule has 1 heterocycles. The number of halogens is 1. The molecule has 0 fully saturated rings. The van der Waals surface area contributed by atoms with Crippen molar-refractivity contribution in [2.45, 2.75) is 6.92 Å². The van der Waals surface area contributed by atoms with Crippen LogP contribution in [0.1, 0.15) is 5.69 Å². The number of aromatic nitrogens is 2. The molecule has 0 spiro atoms. The van der Waals surface area contributed by atoms with Crippen molar-refractivity contribution < 1.29 is 0 Å². The molecule has 1 aromatic carbocycles. The minimum absolute atomic E-state index is 0.0382. The molecule has 0 saturated carbocycles. The van der Waals surface area contributed by atoms with Gasteiger partial charge < -0.3 is 17.2 Å². The van der Waals surface area contributed by atoms with Crippen LogP contribution in [0.15, 0.2) is 40.4 Å². The van der Waals surface area contributed by atoms with Crippen LogP contribution in [-0.2, 0) is 0 Å². The molecule has 2 rings (SSSR count). The first-order chi connectivity index (χ1) is 9.45. The van der Waals surface area contributed by atoms with Crippen LogP contribution in [-0.4, -0.2) is 21.7 Å². The van der Waals surface area contributed by atoms with E-state index in [1.807, 2.05) is 19.2 Å². The van der Waals surface area contributed by atoms with E-state index < -0.39 is 0 Å². The quantitative estimate of drug-likeness (QED) is 0.565. The zero-order chi connectivity index (χ0) is 14.7. The number of nitrogens with zero attached hydrogens (tertiary/aromatic N) is 4. The molecule has 7 nitrogen and oxygen atoms in total. The summed E-state index contributed by atoms with van der Waals surface area (Å²) in [5, 5.41) is 4.78. The molecule has 0 aliphatic carbocycles. The Morgan fingerprint density at radius 1 is 1.25 bits per heavy atom. The van der Waals surface area contributed by atoms with Crippen LogP contribution in [0.2, 0.25) is 5.02 Å². The standard InChI is InChI=1S/C12H14ClN7/c1-7-4-5-20(19-7)10-3-2-8(6-9(10)13)17-12(16)18-11(14)15/h2-6H,1H3,(H6,14,15,16,17,18). The summed E-state index contributed by atoms with van der Waals surface area (Å²) in [5.41, 5.74) is 18.2. The Labute approximate surface area is 120 Å². The van der Waals surface area contributed by atoms with Crippen LogP contribution < -0.4 is 17.2 Å². The van der Waals surface area contributed by atoms with E-state index in [1.165, 1.54) is 0 Å². The van der Waals surface area contributed by atoms with E-state index in [4.69, 9.17) is 28.8 Å². The number of hydrogen-bond acceptors (Lipinski definition) is 2. The highest BCUT2D eigenvalue weighted by atomic mass is 35.5.